The van der Waals surface area contributed by atoms with E-state index in [4.69, 9.17) is 0 Å². The summed E-state index contributed by atoms with van der Waals surface area (Å²) in [4.78, 5) is 15.1. The number of nitrogens with zero attached hydrogens (tertiary/aromatic N) is 3. The third-order valence-corrected chi connectivity index (χ3v) is 5.08. The first kappa shape index (κ1) is 17.7. The van der Waals surface area contributed by atoms with Gasteiger partial charge in [-0.15, -0.1) is 0 Å². The van der Waals surface area contributed by atoms with Crippen LogP contribution in [0.25, 0.3) is 10.9 Å². The average molecular weight is 358 g/mol. The van der Waals surface area contributed by atoms with Gasteiger partial charge < -0.3 is 4.98 Å². The molecule has 1 aromatic carbocycles. The summed E-state index contributed by atoms with van der Waals surface area (Å²) in [7, 11) is 0. The zero-order valence-electron chi connectivity index (χ0n) is 15.6. The molecule has 1 aliphatic heterocycles. The van der Waals surface area contributed by atoms with Gasteiger partial charge in [-0.2, -0.15) is 0 Å². The van der Waals surface area contributed by atoms with Crippen LogP contribution in [0.5, 0.6) is 0 Å². The molecule has 0 radical (unpaired) electrons. The minimum atomic E-state index is 0.932. The third kappa shape index (κ3) is 4.72. The first-order valence-electron chi connectivity index (χ1n) is 9.75. The molecule has 27 heavy (non-hydrogen) atoms. The number of H-pyrrole nitrogens is 1. The summed E-state index contributed by atoms with van der Waals surface area (Å²) in [6.07, 6.45) is 11.4. The monoisotopic (exact) mass is 358 g/mol. The van der Waals surface area contributed by atoms with Crippen LogP contribution in [0.4, 0.5) is 0 Å². The largest absolute Gasteiger partial charge is 0.361 e. The minimum Gasteiger partial charge on any atom is -0.361 e. The minimum absolute atomic E-state index is 0.932. The van der Waals surface area contributed by atoms with Crippen molar-refractivity contribution in [1.82, 2.24) is 14.9 Å². The van der Waals surface area contributed by atoms with E-state index in [1.807, 2.05) is 18.5 Å². The normalized spacial score (nSPS) is 14.0. The molecule has 1 N–H and O–H groups in total. The molecule has 2 aromatic heterocycles. The Labute approximate surface area is 160 Å². The standard InChI is InChI=1S/C23H26N4/c1-3-13-24-21(8-1)11-16-27(17-12-22-9-2-4-14-25-22)18-20-7-5-6-19-10-15-26-23(19)20/h1-3,5-10,13,15,26H,4,11-12,14,16-18H2. The first-order chi connectivity index (χ1) is 13.4. The maximum absolute atomic E-state index is 4.65. The highest BCUT2D eigenvalue weighted by molar-refractivity contribution is 5.95. The van der Waals surface area contributed by atoms with Crippen LogP contribution in [0.15, 0.2) is 72.0 Å². The fourth-order valence-corrected chi connectivity index (χ4v) is 3.60. The second kappa shape index (κ2) is 8.78. The van der Waals surface area contributed by atoms with Crippen molar-refractivity contribution in [1.29, 1.82) is 0 Å². The molecule has 4 rings (SSSR count). The van der Waals surface area contributed by atoms with Gasteiger partial charge in [-0.25, -0.2) is 0 Å². The summed E-state index contributed by atoms with van der Waals surface area (Å²) < 4.78 is 0. The Kier molecular flexibility index (Phi) is 5.75. The van der Waals surface area contributed by atoms with Crippen molar-refractivity contribution in [2.24, 2.45) is 4.99 Å². The van der Waals surface area contributed by atoms with Gasteiger partial charge in [0, 0.05) is 68.3 Å². The van der Waals surface area contributed by atoms with Crippen molar-refractivity contribution in [3.8, 4) is 0 Å². The lowest BCUT2D eigenvalue weighted by molar-refractivity contribution is 0.276. The van der Waals surface area contributed by atoms with E-state index in [0.717, 1.165) is 51.1 Å². The average Bonchev–Trinajstić information content (AvgIpc) is 3.21. The number of hydrogen-bond donors (Lipinski definition) is 1. The smallest absolute Gasteiger partial charge is 0.0499 e. The lowest BCUT2D eigenvalue weighted by atomic mass is 10.1. The Morgan fingerprint density at radius 3 is 2.81 bits per heavy atom. The van der Waals surface area contributed by atoms with E-state index >= 15 is 0 Å². The van der Waals surface area contributed by atoms with Crippen LogP contribution in [0.1, 0.15) is 24.1 Å². The van der Waals surface area contributed by atoms with Gasteiger partial charge in [0.1, 0.15) is 0 Å². The molecule has 0 fully saturated rings. The van der Waals surface area contributed by atoms with Crippen LogP contribution in [0, 0.1) is 0 Å². The number of benzene rings is 1. The highest BCUT2D eigenvalue weighted by atomic mass is 15.1. The molecule has 4 nitrogen and oxygen atoms in total. The number of para-hydroxylation sites is 1. The molecule has 0 spiro atoms. The Bertz CT molecular complexity index is 924. The fraction of sp³-hybridized carbons (Fsp3) is 0.304. The highest BCUT2D eigenvalue weighted by Crippen LogP contribution is 2.19. The van der Waals surface area contributed by atoms with Gasteiger partial charge in [-0.3, -0.25) is 14.9 Å². The highest BCUT2D eigenvalue weighted by Gasteiger charge is 2.11. The molecule has 3 heterocycles. The Balaban J connectivity index is 1.46. The zero-order chi connectivity index (χ0) is 18.3. The summed E-state index contributed by atoms with van der Waals surface area (Å²) >= 11 is 0. The molecule has 0 unspecified atom stereocenters. The first-order valence-corrected chi connectivity index (χ1v) is 9.75. The number of dihydropyridines is 1. The molecule has 0 saturated heterocycles. The van der Waals surface area contributed by atoms with Crippen molar-refractivity contribution >= 4 is 16.6 Å². The van der Waals surface area contributed by atoms with E-state index in [-0.39, 0.29) is 0 Å². The van der Waals surface area contributed by atoms with Gasteiger partial charge in [0.2, 0.25) is 0 Å². The fourth-order valence-electron chi connectivity index (χ4n) is 3.60. The second-order valence-electron chi connectivity index (χ2n) is 7.02. The van der Waals surface area contributed by atoms with E-state index in [9.17, 15) is 0 Å². The lowest BCUT2D eigenvalue weighted by Gasteiger charge is -2.23. The summed E-state index contributed by atoms with van der Waals surface area (Å²) in [6, 6.07) is 14.8. The molecule has 0 bridgehead atoms. The van der Waals surface area contributed by atoms with Gasteiger partial charge in [-0.1, -0.05) is 30.3 Å². The molecule has 1 aliphatic rings. The summed E-state index contributed by atoms with van der Waals surface area (Å²) in [5, 5.41) is 1.27. The third-order valence-electron chi connectivity index (χ3n) is 5.08. The number of fused-ring (bicyclic) bond motifs is 1. The van der Waals surface area contributed by atoms with E-state index in [2.05, 4.69) is 68.4 Å². The van der Waals surface area contributed by atoms with Crippen molar-refractivity contribution in [3.63, 3.8) is 0 Å². The van der Waals surface area contributed by atoms with Crippen LogP contribution < -0.4 is 0 Å². The number of pyridine rings is 1. The van der Waals surface area contributed by atoms with Crippen molar-refractivity contribution < 1.29 is 0 Å². The lowest BCUT2D eigenvalue weighted by Crippen LogP contribution is -2.28. The molecular weight excluding hydrogens is 332 g/mol. The number of aromatic nitrogens is 2. The van der Waals surface area contributed by atoms with Crippen molar-refractivity contribution in [2.75, 3.05) is 19.6 Å². The number of nitrogens with one attached hydrogen (secondary N) is 1. The van der Waals surface area contributed by atoms with Crippen LogP contribution in [-0.2, 0) is 13.0 Å². The maximum Gasteiger partial charge on any atom is 0.0499 e. The van der Waals surface area contributed by atoms with Crippen LogP contribution in [-0.4, -0.2) is 40.2 Å². The number of aliphatic imine (C=N–C) groups is 1. The number of rotatable bonds is 8. The van der Waals surface area contributed by atoms with Crippen LogP contribution >= 0.6 is 0 Å². The predicted molar refractivity (Wildman–Crippen MR) is 112 cm³/mol. The molecule has 0 atom stereocenters. The Hall–Kier alpha value is -2.72. The molecule has 0 aliphatic carbocycles. The predicted octanol–water partition coefficient (Wildman–Crippen LogP) is 4.40. The maximum atomic E-state index is 4.65. The Morgan fingerprint density at radius 1 is 1.00 bits per heavy atom. The number of allylic oxidation sites excluding steroid dienone is 1. The van der Waals surface area contributed by atoms with Gasteiger partial charge in [0.25, 0.3) is 0 Å². The van der Waals surface area contributed by atoms with Gasteiger partial charge in [0.05, 0.1) is 0 Å². The molecule has 4 heteroatoms. The quantitative estimate of drug-likeness (QED) is 0.649. The second-order valence-corrected chi connectivity index (χ2v) is 7.02. The summed E-state index contributed by atoms with van der Waals surface area (Å²) in [6.45, 7) is 3.86. The topological polar surface area (TPSA) is 44.3 Å². The van der Waals surface area contributed by atoms with Gasteiger partial charge in [0.15, 0.2) is 0 Å². The van der Waals surface area contributed by atoms with Gasteiger partial charge in [-0.05, 0) is 41.6 Å². The summed E-state index contributed by atoms with van der Waals surface area (Å²) in [5.41, 5.74) is 4.97. The van der Waals surface area contributed by atoms with Crippen molar-refractivity contribution in [3.05, 3.63) is 78.3 Å². The molecule has 138 valence electrons. The number of hydrogen-bond acceptors (Lipinski definition) is 3. The van der Waals surface area contributed by atoms with Crippen molar-refractivity contribution in [2.45, 2.75) is 25.8 Å². The van der Waals surface area contributed by atoms with Gasteiger partial charge >= 0.3 is 0 Å². The molecule has 0 saturated carbocycles. The van der Waals surface area contributed by atoms with E-state index < -0.39 is 0 Å². The summed E-state index contributed by atoms with van der Waals surface area (Å²) in [5.74, 6) is 0. The van der Waals surface area contributed by atoms with Crippen LogP contribution in [0.2, 0.25) is 0 Å². The van der Waals surface area contributed by atoms with E-state index in [1.165, 1.54) is 22.2 Å². The Morgan fingerprint density at radius 2 is 1.96 bits per heavy atom. The molecule has 0 amide bonds. The van der Waals surface area contributed by atoms with Crippen LogP contribution in [0.3, 0.4) is 0 Å². The number of aromatic amines is 1. The van der Waals surface area contributed by atoms with E-state index in [1.54, 1.807) is 0 Å². The zero-order valence-corrected chi connectivity index (χ0v) is 15.6. The molecular formula is C23H26N4. The molecule has 3 aromatic rings. The van der Waals surface area contributed by atoms with E-state index in [0.29, 0.717) is 0 Å². The SMILES string of the molecule is C1=CC(CCN(CCc2ccccn2)Cc2cccc3cc[nH]c23)=NCC1.